The Morgan fingerprint density at radius 2 is 2.00 bits per heavy atom. The monoisotopic (exact) mass is 215 g/mol. The van der Waals surface area contributed by atoms with Gasteiger partial charge in [0.05, 0.1) is 18.3 Å². The zero-order chi connectivity index (χ0) is 11.5. The average Bonchev–Trinajstić information content (AvgIpc) is 2.07. The summed E-state index contributed by atoms with van der Waals surface area (Å²) in [5.74, 6) is 0. The second-order valence-electron chi connectivity index (χ2n) is 5.47. The summed E-state index contributed by atoms with van der Waals surface area (Å²) >= 11 is 0. The molecule has 15 heavy (non-hydrogen) atoms. The van der Waals surface area contributed by atoms with Gasteiger partial charge in [0.2, 0.25) is 0 Å². The molecule has 0 bridgehead atoms. The molecule has 3 heteroatoms. The molecule has 1 aliphatic carbocycles. The van der Waals surface area contributed by atoms with E-state index >= 15 is 0 Å². The highest BCUT2D eigenvalue weighted by Crippen LogP contribution is 2.28. The van der Waals surface area contributed by atoms with Gasteiger partial charge in [0.1, 0.15) is 0 Å². The van der Waals surface area contributed by atoms with Crippen molar-refractivity contribution in [1.29, 1.82) is 0 Å². The molecule has 0 saturated heterocycles. The maximum atomic E-state index is 9.05. The zero-order valence-electron chi connectivity index (χ0n) is 10.4. The third-order valence-electron chi connectivity index (χ3n) is 2.80. The van der Waals surface area contributed by atoms with Gasteiger partial charge in [-0.15, -0.1) is 0 Å². The van der Waals surface area contributed by atoms with Crippen LogP contribution in [0.5, 0.6) is 0 Å². The van der Waals surface area contributed by atoms with Gasteiger partial charge < -0.3 is 15.2 Å². The molecule has 0 aliphatic heterocycles. The lowest BCUT2D eigenvalue weighted by atomic mass is 9.88. The van der Waals surface area contributed by atoms with Gasteiger partial charge in [-0.1, -0.05) is 6.92 Å². The summed E-state index contributed by atoms with van der Waals surface area (Å²) in [4.78, 5) is 0. The van der Waals surface area contributed by atoms with Gasteiger partial charge in [0, 0.05) is 12.1 Å². The Labute approximate surface area is 93.2 Å². The summed E-state index contributed by atoms with van der Waals surface area (Å²) < 4.78 is 5.85. The number of nitrogens with one attached hydrogen (secondary N) is 1. The third-order valence-corrected chi connectivity index (χ3v) is 2.80. The van der Waals surface area contributed by atoms with Gasteiger partial charge in [-0.2, -0.15) is 0 Å². The van der Waals surface area contributed by atoms with E-state index in [4.69, 9.17) is 9.84 Å². The van der Waals surface area contributed by atoms with Crippen LogP contribution < -0.4 is 5.32 Å². The molecule has 0 aromatic rings. The van der Waals surface area contributed by atoms with Crippen LogP contribution in [0.15, 0.2) is 0 Å². The van der Waals surface area contributed by atoms with E-state index in [2.05, 4.69) is 33.0 Å². The molecular formula is C12H25NO2. The molecule has 1 rings (SSSR count). The highest BCUT2D eigenvalue weighted by Gasteiger charge is 2.33. The van der Waals surface area contributed by atoms with Crippen LogP contribution in [0, 0.1) is 0 Å². The minimum atomic E-state index is -0.0310. The van der Waals surface area contributed by atoms with Crippen molar-refractivity contribution in [2.45, 2.75) is 70.7 Å². The van der Waals surface area contributed by atoms with Crippen LogP contribution in [-0.2, 0) is 4.74 Å². The van der Waals surface area contributed by atoms with Gasteiger partial charge in [-0.05, 0) is 40.0 Å². The predicted octanol–water partition coefficient (Wildman–Crippen LogP) is 1.69. The van der Waals surface area contributed by atoms with Crippen LogP contribution in [0.2, 0.25) is 0 Å². The van der Waals surface area contributed by atoms with Crippen molar-refractivity contribution in [1.82, 2.24) is 5.32 Å². The predicted molar refractivity (Wildman–Crippen MR) is 61.9 cm³/mol. The van der Waals surface area contributed by atoms with Crippen LogP contribution in [0.3, 0.4) is 0 Å². The second-order valence-corrected chi connectivity index (χ2v) is 5.47. The largest absolute Gasteiger partial charge is 0.395 e. The molecule has 0 radical (unpaired) electrons. The highest BCUT2D eigenvalue weighted by molar-refractivity contribution is 4.89. The first kappa shape index (κ1) is 12.9. The summed E-state index contributed by atoms with van der Waals surface area (Å²) in [7, 11) is 0. The van der Waals surface area contributed by atoms with E-state index < -0.39 is 0 Å². The molecule has 0 amide bonds. The Hall–Kier alpha value is -0.120. The topological polar surface area (TPSA) is 41.5 Å². The van der Waals surface area contributed by atoms with Gasteiger partial charge in [0.15, 0.2) is 0 Å². The second kappa shape index (κ2) is 5.28. The van der Waals surface area contributed by atoms with E-state index in [1.165, 1.54) is 0 Å². The summed E-state index contributed by atoms with van der Waals surface area (Å²) in [5.41, 5.74) is -0.0310. The molecule has 0 aromatic heterocycles. The Balaban J connectivity index is 2.15. The van der Waals surface area contributed by atoms with Crippen LogP contribution in [0.4, 0.5) is 0 Å². The Kier molecular flexibility index (Phi) is 4.56. The number of aliphatic hydroxyl groups excluding tert-OH is 1. The fourth-order valence-electron chi connectivity index (χ4n) is 1.93. The lowest BCUT2D eigenvalue weighted by Gasteiger charge is -2.41. The molecule has 1 atom stereocenters. The van der Waals surface area contributed by atoms with Crippen LogP contribution in [0.25, 0.3) is 0 Å². The molecule has 0 spiro atoms. The molecule has 0 heterocycles. The molecule has 3 nitrogen and oxygen atoms in total. The van der Waals surface area contributed by atoms with Crippen molar-refractivity contribution in [3.63, 3.8) is 0 Å². The van der Waals surface area contributed by atoms with Gasteiger partial charge in [-0.25, -0.2) is 0 Å². The van der Waals surface area contributed by atoms with Gasteiger partial charge >= 0.3 is 0 Å². The quantitative estimate of drug-likeness (QED) is 0.733. The van der Waals surface area contributed by atoms with Crippen molar-refractivity contribution in [2.75, 3.05) is 6.61 Å². The lowest BCUT2D eigenvalue weighted by molar-refractivity contribution is -0.104. The Morgan fingerprint density at radius 3 is 2.40 bits per heavy atom. The molecule has 0 unspecified atom stereocenters. The van der Waals surface area contributed by atoms with E-state index in [0.29, 0.717) is 12.1 Å². The minimum Gasteiger partial charge on any atom is -0.395 e. The number of ether oxygens (including phenoxy) is 1. The highest BCUT2D eigenvalue weighted by atomic mass is 16.5. The maximum absolute atomic E-state index is 9.05. The Morgan fingerprint density at radius 1 is 1.40 bits per heavy atom. The van der Waals surface area contributed by atoms with E-state index in [1.807, 2.05) is 0 Å². The van der Waals surface area contributed by atoms with E-state index in [0.717, 1.165) is 19.3 Å². The summed E-state index contributed by atoms with van der Waals surface area (Å²) in [6, 6.07) is 0.792. The number of hydrogen-bond donors (Lipinski definition) is 2. The molecule has 1 saturated carbocycles. The number of hydrogen-bond acceptors (Lipinski definition) is 3. The standard InChI is InChI=1S/C12H25NO2/c1-5-9(8-14)13-10-6-11(7-10)15-12(2,3)4/h9-11,13-14H,5-8H2,1-4H3/t9-,10?,11?/m1/s1. The van der Waals surface area contributed by atoms with Crippen LogP contribution in [0.1, 0.15) is 47.0 Å². The first-order valence-corrected chi connectivity index (χ1v) is 5.99. The van der Waals surface area contributed by atoms with Crippen molar-refractivity contribution >= 4 is 0 Å². The number of rotatable bonds is 5. The summed E-state index contributed by atoms with van der Waals surface area (Å²) in [6.45, 7) is 8.61. The zero-order valence-corrected chi connectivity index (χ0v) is 10.4. The number of aliphatic hydroxyl groups is 1. The minimum absolute atomic E-state index is 0.0310. The smallest absolute Gasteiger partial charge is 0.0612 e. The molecule has 90 valence electrons. The fraction of sp³-hybridized carbons (Fsp3) is 1.00. The van der Waals surface area contributed by atoms with Crippen molar-refractivity contribution in [2.24, 2.45) is 0 Å². The van der Waals surface area contributed by atoms with Crippen molar-refractivity contribution < 1.29 is 9.84 Å². The van der Waals surface area contributed by atoms with E-state index in [1.54, 1.807) is 0 Å². The molecule has 1 fully saturated rings. The van der Waals surface area contributed by atoms with Crippen molar-refractivity contribution in [3.8, 4) is 0 Å². The summed E-state index contributed by atoms with van der Waals surface area (Å²) in [6.07, 6.45) is 3.54. The van der Waals surface area contributed by atoms with Gasteiger partial charge in [0.25, 0.3) is 0 Å². The van der Waals surface area contributed by atoms with Gasteiger partial charge in [-0.3, -0.25) is 0 Å². The molecular weight excluding hydrogens is 190 g/mol. The molecule has 0 aromatic carbocycles. The van der Waals surface area contributed by atoms with Crippen LogP contribution >= 0.6 is 0 Å². The van der Waals surface area contributed by atoms with Crippen LogP contribution in [-0.4, -0.2) is 35.5 Å². The third kappa shape index (κ3) is 4.49. The molecule has 2 N–H and O–H groups in total. The van der Waals surface area contributed by atoms with E-state index in [-0.39, 0.29) is 18.2 Å². The normalized spacial score (nSPS) is 28.6. The average molecular weight is 215 g/mol. The Bertz CT molecular complexity index is 179. The van der Waals surface area contributed by atoms with E-state index in [9.17, 15) is 0 Å². The first-order valence-electron chi connectivity index (χ1n) is 5.99. The first-order chi connectivity index (χ1) is 6.94. The maximum Gasteiger partial charge on any atom is 0.0612 e. The molecule has 1 aliphatic rings. The lowest BCUT2D eigenvalue weighted by Crippen LogP contribution is -2.51. The summed E-state index contributed by atoms with van der Waals surface area (Å²) in [5, 5.41) is 12.5. The fourth-order valence-corrected chi connectivity index (χ4v) is 1.93. The van der Waals surface area contributed by atoms with Crippen molar-refractivity contribution in [3.05, 3.63) is 0 Å². The SMILES string of the molecule is CC[C@H](CO)NC1CC(OC(C)(C)C)C1.